The molecule has 2 aromatic heterocycles. The first-order valence-electron chi connectivity index (χ1n) is 13.3. The minimum absolute atomic E-state index is 0.00118. The van der Waals surface area contributed by atoms with Crippen LogP contribution in [0.2, 0.25) is 0 Å². The van der Waals surface area contributed by atoms with Crippen molar-refractivity contribution in [2.24, 2.45) is 0 Å². The van der Waals surface area contributed by atoms with Crippen molar-refractivity contribution in [3.05, 3.63) is 88.6 Å². The Morgan fingerprint density at radius 1 is 1.15 bits per heavy atom. The van der Waals surface area contributed by atoms with Gasteiger partial charge >= 0.3 is 0 Å². The molecule has 2 aromatic carbocycles. The molecule has 0 saturated carbocycles. The van der Waals surface area contributed by atoms with Gasteiger partial charge in [0.15, 0.2) is 0 Å². The number of aromatic nitrogens is 2. The van der Waals surface area contributed by atoms with E-state index in [1.807, 2.05) is 48.7 Å². The number of aryl methyl sites for hydroxylation is 1. The zero-order valence-electron chi connectivity index (χ0n) is 22.0. The fourth-order valence-corrected chi connectivity index (χ4v) is 7.04. The zero-order valence-corrected chi connectivity index (χ0v) is 23.6. The third kappa shape index (κ3) is 5.43. The van der Waals surface area contributed by atoms with Crippen molar-refractivity contribution in [1.82, 2.24) is 15.1 Å². The van der Waals surface area contributed by atoms with Crippen LogP contribution < -0.4 is 10.2 Å². The second-order valence-corrected chi connectivity index (χ2v) is 12.0. The van der Waals surface area contributed by atoms with Crippen molar-refractivity contribution in [2.45, 2.75) is 31.1 Å². The molecule has 1 N–H and O–H groups in total. The van der Waals surface area contributed by atoms with E-state index in [9.17, 15) is 14.0 Å². The molecule has 1 saturated heterocycles. The Balaban J connectivity index is 1.49. The number of rotatable bonds is 7. The lowest BCUT2D eigenvalue weighted by atomic mass is 10.0. The van der Waals surface area contributed by atoms with E-state index in [2.05, 4.69) is 5.32 Å². The van der Waals surface area contributed by atoms with Gasteiger partial charge in [0.1, 0.15) is 23.9 Å². The quantitative estimate of drug-likeness (QED) is 0.314. The summed E-state index contributed by atoms with van der Waals surface area (Å²) in [5, 5.41) is 9.72. The zero-order chi connectivity index (χ0) is 27.6. The highest BCUT2D eigenvalue weighted by atomic mass is 32.2. The second-order valence-electron chi connectivity index (χ2n) is 9.97. The van der Waals surface area contributed by atoms with Gasteiger partial charge in [-0.2, -0.15) is 5.10 Å². The maximum atomic E-state index is 13.9. The molecule has 0 radical (unpaired) electrons. The van der Waals surface area contributed by atoms with E-state index in [0.717, 1.165) is 45.8 Å². The van der Waals surface area contributed by atoms with Crippen molar-refractivity contribution in [1.29, 1.82) is 0 Å². The molecule has 206 valence electrons. The fraction of sp³-hybridized carbons (Fsp3) is 0.300. The number of anilines is 1. The van der Waals surface area contributed by atoms with E-state index < -0.39 is 0 Å². The van der Waals surface area contributed by atoms with Crippen molar-refractivity contribution < 1.29 is 18.7 Å². The molecule has 4 aromatic rings. The van der Waals surface area contributed by atoms with Crippen molar-refractivity contribution in [3.8, 4) is 16.3 Å². The Labute approximate surface area is 240 Å². The van der Waals surface area contributed by atoms with E-state index in [1.165, 1.54) is 23.9 Å². The van der Waals surface area contributed by atoms with Crippen molar-refractivity contribution in [2.75, 3.05) is 30.3 Å². The number of ether oxygens (including phenoxy) is 1. The lowest BCUT2D eigenvalue weighted by molar-refractivity contribution is -0.123. The number of benzene rings is 2. The number of nitrogens with one attached hydrogen (secondary N) is 1. The normalized spacial score (nSPS) is 18.9. The van der Waals surface area contributed by atoms with Crippen LogP contribution >= 0.6 is 23.1 Å². The topological polar surface area (TPSA) is 76.5 Å². The maximum Gasteiger partial charge on any atom is 0.240 e. The van der Waals surface area contributed by atoms with Crippen LogP contribution in [-0.4, -0.2) is 53.1 Å². The summed E-state index contributed by atoms with van der Waals surface area (Å²) < 4.78 is 21.3. The Morgan fingerprint density at radius 2 is 1.95 bits per heavy atom. The monoisotopic (exact) mass is 576 g/mol. The average molecular weight is 577 g/mol. The summed E-state index contributed by atoms with van der Waals surface area (Å²) in [6, 6.07) is 18.3. The van der Waals surface area contributed by atoms with Gasteiger partial charge in [0.2, 0.25) is 11.8 Å². The highest BCUT2D eigenvalue weighted by Gasteiger charge is 2.38. The Morgan fingerprint density at radius 3 is 2.65 bits per heavy atom. The molecule has 7 nitrogen and oxygen atoms in total. The number of hydrogen-bond acceptors (Lipinski definition) is 6. The van der Waals surface area contributed by atoms with Crippen LogP contribution in [0.3, 0.4) is 0 Å². The molecule has 1 fully saturated rings. The molecule has 0 spiro atoms. The van der Waals surface area contributed by atoms with Crippen LogP contribution in [0, 0.1) is 12.7 Å². The second kappa shape index (κ2) is 11.6. The molecular formula is C30H29FN4O3S2. The van der Waals surface area contributed by atoms with Crippen LogP contribution in [0.4, 0.5) is 10.2 Å². The number of hydrogen-bond donors (Lipinski definition) is 1. The van der Waals surface area contributed by atoms with Crippen molar-refractivity contribution >= 4 is 40.7 Å². The molecule has 10 heteroatoms. The summed E-state index contributed by atoms with van der Waals surface area (Å²) >= 11 is 3.03. The molecule has 2 aliphatic rings. The van der Waals surface area contributed by atoms with E-state index in [0.29, 0.717) is 19.0 Å². The first-order valence-corrected chi connectivity index (χ1v) is 15.2. The summed E-state index contributed by atoms with van der Waals surface area (Å²) in [5.41, 5.74) is 4.32. The van der Waals surface area contributed by atoms with Gasteiger partial charge in [-0.25, -0.2) is 9.07 Å². The molecule has 40 heavy (non-hydrogen) atoms. The predicted molar refractivity (Wildman–Crippen MR) is 157 cm³/mol. The standard InChI is InChI=1S/C30H29FN4O3S2/c1-19-6-12-22(13-7-19)35-30-27(28(33-35)24-5-3-15-39-24)29(20-8-10-21(31)11-9-20)40-18-26(37)34(30)17-25(36)32-16-23-4-2-14-38-23/h3,5-13,15,23,29H,2,4,14,16-18H2,1H3,(H,32,36)/t23-,29-/m1/s1. The largest absolute Gasteiger partial charge is 0.376 e. The van der Waals surface area contributed by atoms with Crippen LogP contribution in [0.15, 0.2) is 66.0 Å². The van der Waals surface area contributed by atoms with Gasteiger partial charge in [-0.1, -0.05) is 35.9 Å². The first-order chi connectivity index (χ1) is 19.5. The number of carbonyl (C=O) groups is 2. The smallest absolute Gasteiger partial charge is 0.240 e. The van der Waals surface area contributed by atoms with Crippen molar-refractivity contribution in [3.63, 3.8) is 0 Å². The van der Waals surface area contributed by atoms with Crippen LogP contribution in [0.25, 0.3) is 16.3 Å². The van der Waals surface area contributed by atoms with Gasteiger partial charge < -0.3 is 10.1 Å². The third-order valence-corrected chi connectivity index (χ3v) is 9.28. The lowest BCUT2D eigenvalue weighted by Gasteiger charge is -2.23. The number of carbonyl (C=O) groups excluding carboxylic acids is 2. The third-order valence-electron chi connectivity index (χ3n) is 7.15. The fourth-order valence-electron chi connectivity index (χ4n) is 5.11. The number of thioether (sulfide) groups is 1. The summed E-state index contributed by atoms with van der Waals surface area (Å²) in [6.07, 6.45) is 1.90. The Bertz CT molecular complexity index is 1500. The molecule has 2 aliphatic heterocycles. The van der Waals surface area contributed by atoms with Gasteiger partial charge in [0.25, 0.3) is 0 Å². The van der Waals surface area contributed by atoms with Crippen LogP contribution in [0.1, 0.15) is 34.8 Å². The number of amides is 2. The van der Waals surface area contributed by atoms with E-state index in [1.54, 1.807) is 33.1 Å². The first kappa shape index (κ1) is 26.7. The van der Waals surface area contributed by atoms with Crippen LogP contribution in [-0.2, 0) is 14.3 Å². The number of nitrogens with zero attached hydrogens (tertiary/aromatic N) is 3. The molecule has 4 heterocycles. The van der Waals surface area contributed by atoms with Gasteiger partial charge in [-0.3, -0.25) is 14.5 Å². The van der Waals surface area contributed by atoms with E-state index in [4.69, 9.17) is 9.84 Å². The van der Waals surface area contributed by atoms with Gasteiger partial charge in [-0.05, 0) is 61.0 Å². The SMILES string of the molecule is Cc1ccc(-n2nc(-c3cccs3)c3c2N(CC(=O)NC[C@H]2CCCO2)C(=O)CS[C@@H]3c2ccc(F)cc2)cc1. The molecule has 0 aliphatic carbocycles. The molecule has 2 atom stereocenters. The Kier molecular flexibility index (Phi) is 7.73. The molecular weight excluding hydrogens is 547 g/mol. The van der Waals surface area contributed by atoms with Gasteiger partial charge in [0, 0.05) is 18.7 Å². The number of thiophene rings is 1. The highest BCUT2D eigenvalue weighted by molar-refractivity contribution is 8.00. The minimum Gasteiger partial charge on any atom is -0.376 e. The number of halogens is 1. The molecule has 0 unspecified atom stereocenters. The highest BCUT2D eigenvalue weighted by Crippen LogP contribution is 2.49. The average Bonchev–Trinajstić information content (AvgIpc) is 3.72. The van der Waals surface area contributed by atoms with Gasteiger partial charge in [-0.15, -0.1) is 23.1 Å². The molecule has 0 bridgehead atoms. The van der Waals surface area contributed by atoms with E-state index >= 15 is 0 Å². The van der Waals surface area contributed by atoms with Crippen LogP contribution in [0.5, 0.6) is 0 Å². The van der Waals surface area contributed by atoms with Gasteiger partial charge in [0.05, 0.1) is 27.7 Å². The predicted octanol–water partition coefficient (Wildman–Crippen LogP) is 5.51. The molecule has 2 amide bonds. The van der Waals surface area contributed by atoms with E-state index in [-0.39, 0.29) is 41.3 Å². The lowest BCUT2D eigenvalue weighted by Crippen LogP contribution is -2.44. The number of fused-ring (bicyclic) bond motifs is 1. The summed E-state index contributed by atoms with van der Waals surface area (Å²) in [7, 11) is 0. The Hall–Kier alpha value is -3.47. The summed E-state index contributed by atoms with van der Waals surface area (Å²) in [5.74, 6) is -0.0441. The summed E-state index contributed by atoms with van der Waals surface area (Å²) in [4.78, 5) is 29.5. The summed E-state index contributed by atoms with van der Waals surface area (Å²) in [6.45, 7) is 2.99. The molecule has 6 rings (SSSR count). The maximum absolute atomic E-state index is 13.9. The minimum atomic E-state index is -0.322.